The molecule has 1 aromatic heterocycles. The van der Waals surface area contributed by atoms with E-state index < -0.39 is 10.0 Å². The average molecular weight is 375 g/mol. The summed E-state index contributed by atoms with van der Waals surface area (Å²) < 4.78 is 31.1. The lowest BCUT2D eigenvalue weighted by atomic mass is 10.1. The van der Waals surface area contributed by atoms with E-state index in [9.17, 15) is 8.42 Å². The van der Waals surface area contributed by atoms with Crippen LogP contribution in [-0.2, 0) is 16.4 Å². The SMILES string of the molecule is CS(=O)(=O)Nc1cc2c(cc1Nc1nc(Cl)ncc1Cl)OCC2. The van der Waals surface area contributed by atoms with E-state index in [1.54, 1.807) is 12.1 Å². The summed E-state index contributed by atoms with van der Waals surface area (Å²) in [5.41, 5.74) is 1.75. The van der Waals surface area contributed by atoms with Gasteiger partial charge in [-0.05, 0) is 23.2 Å². The van der Waals surface area contributed by atoms with Crippen LogP contribution in [0.2, 0.25) is 10.3 Å². The number of hydrogen-bond donors (Lipinski definition) is 2. The Morgan fingerprint density at radius 1 is 1.26 bits per heavy atom. The summed E-state index contributed by atoms with van der Waals surface area (Å²) in [6.07, 6.45) is 3.15. The molecule has 0 saturated carbocycles. The van der Waals surface area contributed by atoms with Crippen molar-refractivity contribution in [1.29, 1.82) is 0 Å². The molecule has 2 aromatic rings. The Morgan fingerprint density at radius 3 is 2.78 bits per heavy atom. The van der Waals surface area contributed by atoms with Crippen molar-refractivity contribution < 1.29 is 13.2 Å². The van der Waals surface area contributed by atoms with Gasteiger partial charge in [0, 0.05) is 12.5 Å². The van der Waals surface area contributed by atoms with Crippen molar-refractivity contribution in [3.8, 4) is 5.75 Å². The largest absolute Gasteiger partial charge is 0.493 e. The molecule has 23 heavy (non-hydrogen) atoms. The van der Waals surface area contributed by atoms with Crippen LogP contribution in [0.4, 0.5) is 17.2 Å². The molecule has 0 saturated heterocycles. The zero-order valence-electron chi connectivity index (χ0n) is 11.9. The number of anilines is 3. The van der Waals surface area contributed by atoms with E-state index in [0.29, 0.717) is 30.2 Å². The predicted octanol–water partition coefficient (Wildman–Crippen LogP) is 2.83. The summed E-state index contributed by atoms with van der Waals surface area (Å²) in [7, 11) is -3.45. The summed E-state index contributed by atoms with van der Waals surface area (Å²) in [6, 6.07) is 3.42. The first-order chi connectivity index (χ1) is 10.8. The third kappa shape index (κ3) is 3.77. The van der Waals surface area contributed by atoms with Crippen molar-refractivity contribution in [3.63, 3.8) is 0 Å². The number of hydrogen-bond acceptors (Lipinski definition) is 6. The second kappa shape index (κ2) is 6.03. The zero-order chi connectivity index (χ0) is 16.6. The van der Waals surface area contributed by atoms with Crippen molar-refractivity contribution in [3.05, 3.63) is 34.2 Å². The molecule has 0 bridgehead atoms. The molecular weight excluding hydrogens is 363 g/mol. The number of halogens is 2. The van der Waals surface area contributed by atoms with Crippen molar-refractivity contribution >= 4 is 50.4 Å². The molecule has 0 radical (unpaired) electrons. The minimum atomic E-state index is -3.45. The van der Waals surface area contributed by atoms with Crippen LogP contribution in [0.25, 0.3) is 0 Å². The van der Waals surface area contributed by atoms with Crippen LogP contribution >= 0.6 is 23.2 Å². The number of ether oxygens (including phenoxy) is 1. The standard InChI is InChI=1S/C13H12Cl2N4O3S/c1-23(20,21)19-10-4-7-2-3-22-11(7)5-9(10)17-12-8(14)6-16-13(15)18-12/h4-6,19H,2-3H2,1H3,(H,16,17,18). The molecule has 0 aliphatic carbocycles. The van der Waals surface area contributed by atoms with Gasteiger partial charge in [0.15, 0.2) is 5.82 Å². The van der Waals surface area contributed by atoms with Gasteiger partial charge in [0.1, 0.15) is 10.8 Å². The first kappa shape index (κ1) is 16.1. The topological polar surface area (TPSA) is 93.2 Å². The van der Waals surface area contributed by atoms with E-state index in [1.807, 2.05) is 0 Å². The van der Waals surface area contributed by atoms with Gasteiger partial charge in [-0.25, -0.2) is 13.4 Å². The van der Waals surface area contributed by atoms with Crippen LogP contribution in [0.5, 0.6) is 5.75 Å². The molecule has 10 heteroatoms. The van der Waals surface area contributed by atoms with Gasteiger partial charge in [-0.1, -0.05) is 11.6 Å². The lowest BCUT2D eigenvalue weighted by Crippen LogP contribution is -2.11. The van der Waals surface area contributed by atoms with E-state index in [0.717, 1.165) is 11.8 Å². The van der Waals surface area contributed by atoms with E-state index in [1.165, 1.54) is 6.20 Å². The van der Waals surface area contributed by atoms with Crippen LogP contribution in [-0.4, -0.2) is 31.2 Å². The normalized spacial score (nSPS) is 13.3. The number of fused-ring (bicyclic) bond motifs is 1. The van der Waals surface area contributed by atoms with Gasteiger partial charge >= 0.3 is 0 Å². The number of sulfonamides is 1. The highest BCUT2D eigenvalue weighted by atomic mass is 35.5. The maximum Gasteiger partial charge on any atom is 0.229 e. The molecule has 0 atom stereocenters. The molecule has 0 fully saturated rings. The van der Waals surface area contributed by atoms with Crippen molar-refractivity contribution in [2.45, 2.75) is 6.42 Å². The number of benzene rings is 1. The Hall–Kier alpha value is -1.77. The minimum absolute atomic E-state index is 0.0203. The van der Waals surface area contributed by atoms with Gasteiger partial charge < -0.3 is 10.1 Å². The fourth-order valence-electron chi connectivity index (χ4n) is 2.17. The second-order valence-electron chi connectivity index (χ2n) is 4.94. The fourth-order valence-corrected chi connectivity index (χ4v) is 3.01. The van der Waals surface area contributed by atoms with Gasteiger partial charge in [0.2, 0.25) is 15.3 Å². The van der Waals surface area contributed by atoms with Gasteiger partial charge in [0.05, 0.1) is 30.4 Å². The maximum atomic E-state index is 11.6. The average Bonchev–Trinajstić information content (AvgIpc) is 2.88. The quantitative estimate of drug-likeness (QED) is 0.799. The van der Waals surface area contributed by atoms with Gasteiger partial charge in [-0.15, -0.1) is 0 Å². The van der Waals surface area contributed by atoms with Crippen LogP contribution in [0.15, 0.2) is 18.3 Å². The molecule has 7 nitrogen and oxygen atoms in total. The molecule has 2 N–H and O–H groups in total. The summed E-state index contributed by atoms with van der Waals surface area (Å²) in [4.78, 5) is 7.76. The van der Waals surface area contributed by atoms with Crippen LogP contribution in [0, 0.1) is 0 Å². The van der Waals surface area contributed by atoms with Gasteiger partial charge in [-0.2, -0.15) is 4.98 Å². The highest BCUT2D eigenvalue weighted by molar-refractivity contribution is 7.92. The lowest BCUT2D eigenvalue weighted by Gasteiger charge is -2.15. The number of rotatable bonds is 4. The Labute approximate surface area is 143 Å². The summed E-state index contributed by atoms with van der Waals surface area (Å²) in [6.45, 7) is 0.553. The molecule has 1 aliphatic heterocycles. The van der Waals surface area contributed by atoms with Crippen LogP contribution < -0.4 is 14.8 Å². The highest BCUT2D eigenvalue weighted by Gasteiger charge is 2.19. The Balaban J connectivity index is 2.04. The molecule has 0 spiro atoms. The molecule has 0 unspecified atom stereocenters. The Bertz CT molecular complexity index is 874. The monoisotopic (exact) mass is 374 g/mol. The zero-order valence-corrected chi connectivity index (χ0v) is 14.3. The Morgan fingerprint density at radius 2 is 2.04 bits per heavy atom. The molecule has 122 valence electrons. The number of aromatic nitrogens is 2. The van der Waals surface area contributed by atoms with E-state index in [2.05, 4.69) is 20.0 Å². The molecular formula is C13H12Cl2N4O3S. The number of nitrogens with zero attached hydrogens (tertiary/aromatic N) is 2. The molecule has 3 rings (SSSR count). The molecule has 2 heterocycles. The first-order valence-electron chi connectivity index (χ1n) is 6.54. The lowest BCUT2D eigenvalue weighted by molar-refractivity contribution is 0.357. The van der Waals surface area contributed by atoms with E-state index >= 15 is 0 Å². The van der Waals surface area contributed by atoms with Crippen molar-refractivity contribution in [1.82, 2.24) is 9.97 Å². The maximum absolute atomic E-state index is 11.6. The highest BCUT2D eigenvalue weighted by Crippen LogP contribution is 2.37. The Kier molecular flexibility index (Phi) is 4.22. The van der Waals surface area contributed by atoms with E-state index in [-0.39, 0.29) is 16.1 Å². The third-order valence-corrected chi connectivity index (χ3v) is 4.14. The molecule has 0 amide bonds. The summed E-state index contributed by atoms with van der Waals surface area (Å²) in [5, 5.41) is 3.23. The smallest absolute Gasteiger partial charge is 0.229 e. The molecule has 1 aliphatic rings. The minimum Gasteiger partial charge on any atom is -0.493 e. The third-order valence-electron chi connectivity index (χ3n) is 3.09. The van der Waals surface area contributed by atoms with Gasteiger partial charge in [-0.3, -0.25) is 4.72 Å². The summed E-state index contributed by atoms with van der Waals surface area (Å²) in [5.74, 6) is 0.948. The van der Waals surface area contributed by atoms with E-state index in [4.69, 9.17) is 27.9 Å². The van der Waals surface area contributed by atoms with Crippen molar-refractivity contribution in [2.24, 2.45) is 0 Å². The number of nitrogens with one attached hydrogen (secondary N) is 2. The van der Waals surface area contributed by atoms with Crippen LogP contribution in [0.3, 0.4) is 0 Å². The van der Waals surface area contributed by atoms with Crippen LogP contribution in [0.1, 0.15) is 5.56 Å². The fraction of sp³-hybridized carbons (Fsp3) is 0.231. The first-order valence-corrected chi connectivity index (χ1v) is 9.19. The van der Waals surface area contributed by atoms with Crippen molar-refractivity contribution in [2.75, 3.05) is 22.9 Å². The second-order valence-corrected chi connectivity index (χ2v) is 7.43. The molecule has 1 aromatic carbocycles. The summed E-state index contributed by atoms with van der Waals surface area (Å²) >= 11 is 11.8. The predicted molar refractivity (Wildman–Crippen MR) is 89.4 cm³/mol. The van der Waals surface area contributed by atoms with Gasteiger partial charge in [0.25, 0.3) is 0 Å².